The van der Waals surface area contributed by atoms with Gasteiger partial charge >= 0.3 is 0 Å². The van der Waals surface area contributed by atoms with Crippen molar-refractivity contribution in [3.05, 3.63) is 70.2 Å². The van der Waals surface area contributed by atoms with Crippen LogP contribution in [0.2, 0.25) is 0 Å². The SMILES string of the molecule is CC1CCCCN1CCNC(=O)c1ccc(NC(=O)c2nnc(COc3ccccc3)s2)cc1. The van der Waals surface area contributed by atoms with Crippen LogP contribution in [0.3, 0.4) is 0 Å². The maximum atomic E-state index is 12.5. The van der Waals surface area contributed by atoms with Crippen molar-refractivity contribution in [1.29, 1.82) is 0 Å². The summed E-state index contributed by atoms with van der Waals surface area (Å²) in [5.74, 6) is 0.264. The van der Waals surface area contributed by atoms with Gasteiger partial charge in [0.15, 0.2) is 5.01 Å². The number of hydrogen-bond donors (Lipinski definition) is 2. The van der Waals surface area contributed by atoms with E-state index >= 15 is 0 Å². The zero-order valence-electron chi connectivity index (χ0n) is 19.2. The molecule has 9 heteroatoms. The van der Waals surface area contributed by atoms with Crippen molar-refractivity contribution < 1.29 is 14.3 Å². The third kappa shape index (κ3) is 6.61. The Morgan fingerprint density at radius 3 is 2.62 bits per heavy atom. The molecule has 0 spiro atoms. The zero-order chi connectivity index (χ0) is 23.8. The third-order valence-electron chi connectivity index (χ3n) is 5.80. The lowest BCUT2D eigenvalue weighted by Gasteiger charge is -2.33. The lowest BCUT2D eigenvalue weighted by Crippen LogP contribution is -2.42. The van der Waals surface area contributed by atoms with Crippen LogP contribution in [0.25, 0.3) is 0 Å². The second-order valence-corrected chi connectivity index (χ2v) is 9.33. The van der Waals surface area contributed by atoms with E-state index in [1.807, 2.05) is 30.3 Å². The molecule has 178 valence electrons. The number of rotatable bonds is 9. The van der Waals surface area contributed by atoms with Gasteiger partial charge in [-0.3, -0.25) is 14.5 Å². The summed E-state index contributed by atoms with van der Waals surface area (Å²) in [6.07, 6.45) is 3.74. The molecule has 0 aliphatic carbocycles. The van der Waals surface area contributed by atoms with Crippen molar-refractivity contribution in [2.45, 2.75) is 38.8 Å². The highest BCUT2D eigenvalue weighted by Crippen LogP contribution is 2.17. The molecule has 1 aliphatic rings. The van der Waals surface area contributed by atoms with Gasteiger partial charge < -0.3 is 15.4 Å². The number of carbonyl (C=O) groups is 2. The molecular weight excluding hydrogens is 450 g/mol. The molecule has 0 saturated carbocycles. The van der Waals surface area contributed by atoms with E-state index in [4.69, 9.17) is 4.74 Å². The number of amides is 2. The highest BCUT2D eigenvalue weighted by molar-refractivity contribution is 7.13. The molecule has 1 saturated heterocycles. The Kier molecular flexibility index (Phi) is 8.21. The van der Waals surface area contributed by atoms with E-state index in [-0.39, 0.29) is 23.4 Å². The summed E-state index contributed by atoms with van der Waals surface area (Å²) in [6.45, 7) is 5.07. The molecule has 8 nitrogen and oxygen atoms in total. The molecule has 3 aromatic rings. The minimum Gasteiger partial charge on any atom is -0.486 e. The lowest BCUT2D eigenvalue weighted by molar-refractivity contribution is 0.0938. The number of hydrogen-bond acceptors (Lipinski definition) is 7. The predicted octanol–water partition coefficient (Wildman–Crippen LogP) is 3.97. The van der Waals surface area contributed by atoms with E-state index in [1.165, 1.54) is 30.6 Å². The highest BCUT2D eigenvalue weighted by atomic mass is 32.1. The van der Waals surface area contributed by atoms with Gasteiger partial charge in [0.1, 0.15) is 12.4 Å². The van der Waals surface area contributed by atoms with Crippen molar-refractivity contribution in [2.75, 3.05) is 25.0 Å². The maximum Gasteiger partial charge on any atom is 0.286 e. The Balaban J connectivity index is 1.23. The molecule has 0 bridgehead atoms. The first kappa shape index (κ1) is 23.8. The standard InChI is InChI=1S/C25H29N5O3S/c1-18-7-5-6-15-30(18)16-14-26-23(31)19-10-12-20(13-11-19)27-24(32)25-29-28-22(34-25)17-33-21-8-3-2-4-9-21/h2-4,8-13,18H,5-7,14-17H2,1H3,(H,26,31)(H,27,32). The summed E-state index contributed by atoms with van der Waals surface area (Å²) >= 11 is 1.18. The van der Waals surface area contributed by atoms with E-state index in [2.05, 4.69) is 32.7 Å². The molecular formula is C25H29N5O3S. The number of benzene rings is 2. The van der Waals surface area contributed by atoms with E-state index in [0.717, 1.165) is 18.8 Å². The van der Waals surface area contributed by atoms with Gasteiger partial charge in [0.25, 0.3) is 11.8 Å². The summed E-state index contributed by atoms with van der Waals surface area (Å²) in [5, 5.41) is 14.6. The number of anilines is 1. The van der Waals surface area contributed by atoms with Crippen molar-refractivity contribution in [2.24, 2.45) is 0 Å². The first-order chi connectivity index (χ1) is 16.6. The van der Waals surface area contributed by atoms with Crippen LogP contribution in [0.1, 0.15) is 51.4 Å². The van der Waals surface area contributed by atoms with Crippen molar-refractivity contribution >= 4 is 28.8 Å². The average Bonchev–Trinajstić information content (AvgIpc) is 3.34. The van der Waals surface area contributed by atoms with Crippen molar-refractivity contribution in [1.82, 2.24) is 20.4 Å². The molecule has 1 aliphatic heterocycles. The van der Waals surface area contributed by atoms with Crippen LogP contribution in [-0.4, -0.2) is 52.6 Å². The van der Waals surface area contributed by atoms with Crippen LogP contribution in [0.4, 0.5) is 5.69 Å². The number of carbonyl (C=O) groups excluding carboxylic acids is 2. The van der Waals surface area contributed by atoms with Gasteiger partial charge in [-0.15, -0.1) is 10.2 Å². The van der Waals surface area contributed by atoms with Crippen LogP contribution in [0.5, 0.6) is 5.75 Å². The summed E-state index contributed by atoms with van der Waals surface area (Å²) in [4.78, 5) is 27.4. The molecule has 2 heterocycles. The molecule has 1 fully saturated rings. The van der Waals surface area contributed by atoms with Crippen molar-refractivity contribution in [3.8, 4) is 5.75 Å². The first-order valence-electron chi connectivity index (χ1n) is 11.5. The van der Waals surface area contributed by atoms with E-state index in [1.54, 1.807) is 24.3 Å². The molecule has 2 amide bonds. The zero-order valence-corrected chi connectivity index (χ0v) is 20.0. The van der Waals surface area contributed by atoms with Gasteiger partial charge in [0.05, 0.1) is 0 Å². The van der Waals surface area contributed by atoms with Gasteiger partial charge in [0, 0.05) is 30.4 Å². The molecule has 4 rings (SSSR count). The molecule has 1 unspecified atom stereocenters. The van der Waals surface area contributed by atoms with Crippen LogP contribution in [-0.2, 0) is 6.61 Å². The summed E-state index contributed by atoms with van der Waals surface area (Å²) in [7, 11) is 0. The van der Waals surface area contributed by atoms with E-state index in [0.29, 0.717) is 28.8 Å². The van der Waals surface area contributed by atoms with Crippen molar-refractivity contribution in [3.63, 3.8) is 0 Å². The minimum atomic E-state index is -0.351. The van der Waals surface area contributed by atoms with Gasteiger partial charge in [-0.1, -0.05) is 36.0 Å². The number of likely N-dealkylation sites (tertiary alicyclic amines) is 1. The van der Waals surface area contributed by atoms with Gasteiger partial charge in [-0.2, -0.15) is 0 Å². The Labute approximate surface area is 203 Å². The lowest BCUT2D eigenvalue weighted by atomic mass is 10.0. The smallest absolute Gasteiger partial charge is 0.286 e. The molecule has 0 radical (unpaired) electrons. The fourth-order valence-corrected chi connectivity index (χ4v) is 4.51. The van der Waals surface area contributed by atoms with E-state index in [9.17, 15) is 9.59 Å². The summed E-state index contributed by atoms with van der Waals surface area (Å²) < 4.78 is 5.64. The highest BCUT2D eigenvalue weighted by Gasteiger charge is 2.18. The number of para-hydroxylation sites is 1. The van der Waals surface area contributed by atoms with E-state index < -0.39 is 0 Å². The average molecular weight is 480 g/mol. The molecule has 2 N–H and O–H groups in total. The van der Waals surface area contributed by atoms with Crippen LogP contribution >= 0.6 is 11.3 Å². The number of aromatic nitrogens is 2. The van der Waals surface area contributed by atoms with Crippen LogP contribution in [0.15, 0.2) is 54.6 Å². The first-order valence-corrected chi connectivity index (χ1v) is 12.3. The van der Waals surface area contributed by atoms with Gasteiger partial charge in [0.2, 0.25) is 5.01 Å². The van der Waals surface area contributed by atoms with Crippen LogP contribution in [0, 0.1) is 0 Å². The molecule has 1 atom stereocenters. The third-order valence-corrected chi connectivity index (χ3v) is 6.69. The maximum absolute atomic E-state index is 12.5. The largest absolute Gasteiger partial charge is 0.486 e. The normalized spacial score (nSPS) is 16.1. The number of piperidine rings is 1. The Morgan fingerprint density at radius 2 is 1.85 bits per heavy atom. The number of ether oxygens (including phenoxy) is 1. The molecule has 1 aromatic heterocycles. The Hall–Kier alpha value is -3.30. The predicted molar refractivity (Wildman–Crippen MR) is 132 cm³/mol. The quantitative estimate of drug-likeness (QED) is 0.482. The summed E-state index contributed by atoms with van der Waals surface area (Å²) in [5.41, 5.74) is 1.14. The fourth-order valence-electron chi connectivity index (χ4n) is 3.86. The topological polar surface area (TPSA) is 96.5 Å². The minimum absolute atomic E-state index is 0.116. The second-order valence-electron chi connectivity index (χ2n) is 8.27. The fraction of sp³-hybridized carbons (Fsp3) is 0.360. The second kappa shape index (κ2) is 11.7. The Bertz CT molecular complexity index is 1090. The summed E-state index contributed by atoms with van der Waals surface area (Å²) in [6, 6.07) is 16.8. The van der Waals surface area contributed by atoms with Crippen LogP contribution < -0.4 is 15.4 Å². The van der Waals surface area contributed by atoms with Gasteiger partial charge in [-0.25, -0.2) is 0 Å². The molecule has 34 heavy (non-hydrogen) atoms. The Morgan fingerprint density at radius 1 is 1.06 bits per heavy atom. The monoisotopic (exact) mass is 479 g/mol. The number of nitrogens with zero attached hydrogens (tertiary/aromatic N) is 3. The molecule has 2 aromatic carbocycles. The van der Waals surface area contributed by atoms with Gasteiger partial charge in [-0.05, 0) is 62.7 Å². The number of nitrogens with one attached hydrogen (secondary N) is 2.